The van der Waals surface area contributed by atoms with Gasteiger partial charge < -0.3 is 20.1 Å². The second-order valence-corrected chi connectivity index (χ2v) is 5.53. The van der Waals surface area contributed by atoms with E-state index in [1.165, 1.54) is 0 Å². The number of thiazole rings is 1. The van der Waals surface area contributed by atoms with Gasteiger partial charge in [0.2, 0.25) is 5.88 Å². The topological polar surface area (TPSA) is 57.6 Å². The maximum atomic E-state index is 8.79. The zero-order chi connectivity index (χ0) is 13.5. The van der Waals surface area contributed by atoms with Crippen molar-refractivity contribution in [3.05, 3.63) is 4.88 Å². The van der Waals surface area contributed by atoms with Crippen LogP contribution in [0.4, 0.5) is 5.13 Å². The molecule has 0 aromatic carbocycles. The first-order chi connectivity index (χ1) is 8.58. The fourth-order valence-corrected chi connectivity index (χ4v) is 2.46. The molecular formula is C12H23N3O2S. The van der Waals surface area contributed by atoms with Crippen molar-refractivity contribution in [2.24, 2.45) is 0 Å². The van der Waals surface area contributed by atoms with Crippen molar-refractivity contribution >= 4 is 16.5 Å². The van der Waals surface area contributed by atoms with E-state index in [-0.39, 0.29) is 6.61 Å². The molecule has 0 spiro atoms. The summed E-state index contributed by atoms with van der Waals surface area (Å²) in [7, 11) is 5.59. The Kier molecular flexibility index (Phi) is 6.38. The summed E-state index contributed by atoms with van der Waals surface area (Å²) in [6.07, 6.45) is 1.80. The number of hydrogen-bond acceptors (Lipinski definition) is 6. The molecule has 5 nitrogen and oxygen atoms in total. The fourth-order valence-electron chi connectivity index (χ4n) is 1.55. The number of aromatic nitrogens is 1. The lowest BCUT2D eigenvalue weighted by molar-refractivity contribution is 0.276. The lowest BCUT2D eigenvalue weighted by Crippen LogP contribution is -2.25. The van der Waals surface area contributed by atoms with Gasteiger partial charge in [-0.2, -0.15) is 4.98 Å². The summed E-state index contributed by atoms with van der Waals surface area (Å²) in [6, 6.07) is 0.381. The zero-order valence-electron chi connectivity index (χ0n) is 11.6. The number of ether oxygens (including phenoxy) is 1. The molecule has 1 aromatic heterocycles. The maximum Gasteiger partial charge on any atom is 0.230 e. The van der Waals surface area contributed by atoms with Gasteiger partial charge in [-0.15, -0.1) is 0 Å². The van der Waals surface area contributed by atoms with Crippen LogP contribution in [0.5, 0.6) is 5.88 Å². The predicted octanol–water partition coefficient (Wildman–Crippen LogP) is 1.47. The van der Waals surface area contributed by atoms with E-state index in [0.717, 1.165) is 29.4 Å². The smallest absolute Gasteiger partial charge is 0.230 e. The van der Waals surface area contributed by atoms with Crippen LogP contribution in [0.25, 0.3) is 0 Å². The summed E-state index contributed by atoms with van der Waals surface area (Å²) in [6.45, 7) is 3.12. The lowest BCUT2D eigenvalue weighted by Gasteiger charge is -2.12. The molecule has 1 unspecified atom stereocenters. The molecule has 0 aliphatic rings. The highest BCUT2D eigenvalue weighted by atomic mass is 32.1. The fraction of sp³-hybridized carbons (Fsp3) is 0.750. The summed E-state index contributed by atoms with van der Waals surface area (Å²) in [5.74, 6) is 0.700. The molecule has 1 aromatic rings. The number of aliphatic hydroxyl groups is 1. The van der Waals surface area contributed by atoms with E-state index < -0.39 is 0 Å². The highest BCUT2D eigenvalue weighted by Gasteiger charge is 2.13. The third-order valence-corrected chi connectivity index (χ3v) is 3.84. The maximum absolute atomic E-state index is 8.79. The van der Waals surface area contributed by atoms with Crippen molar-refractivity contribution in [1.82, 2.24) is 10.3 Å². The summed E-state index contributed by atoms with van der Waals surface area (Å²) in [5.41, 5.74) is 0. The largest absolute Gasteiger partial charge is 0.480 e. The summed E-state index contributed by atoms with van der Waals surface area (Å²) in [5, 5.41) is 13.2. The summed E-state index contributed by atoms with van der Waals surface area (Å²) in [4.78, 5) is 7.50. The normalized spacial score (nSPS) is 12.5. The Balaban J connectivity index is 2.55. The van der Waals surface area contributed by atoms with Gasteiger partial charge in [0.1, 0.15) is 0 Å². The number of nitrogens with one attached hydrogen (secondary N) is 1. The van der Waals surface area contributed by atoms with Crippen molar-refractivity contribution in [3.8, 4) is 5.88 Å². The molecule has 0 aliphatic carbocycles. The number of methoxy groups -OCH3 is 1. The van der Waals surface area contributed by atoms with Crippen LogP contribution in [0, 0.1) is 0 Å². The molecule has 0 radical (unpaired) electrons. The van der Waals surface area contributed by atoms with Gasteiger partial charge in [-0.3, -0.25) is 0 Å². The van der Waals surface area contributed by atoms with E-state index in [1.807, 2.05) is 19.0 Å². The monoisotopic (exact) mass is 273 g/mol. The predicted molar refractivity (Wildman–Crippen MR) is 75.6 cm³/mol. The van der Waals surface area contributed by atoms with Crippen LogP contribution in [-0.4, -0.2) is 43.9 Å². The molecule has 18 heavy (non-hydrogen) atoms. The first-order valence-corrected chi connectivity index (χ1v) is 6.95. The molecule has 0 saturated carbocycles. The van der Waals surface area contributed by atoms with Gasteiger partial charge in [-0.25, -0.2) is 0 Å². The van der Waals surface area contributed by atoms with Gasteiger partial charge in [0.25, 0.3) is 0 Å². The first-order valence-electron chi connectivity index (χ1n) is 6.13. The van der Waals surface area contributed by atoms with Crippen LogP contribution in [0.3, 0.4) is 0 Å². The van der Waals surface area contributed by atoms with Crippen LogP contribution >= 0.6 is 11.3 Å². The summed E-state index contributed by atoms with van der Waals surface area (Å²) < 4.78 is 5.28. The Morgan fingerprint density at radius 2 is 2.22 bits per heavy atom. The Morgan fingerprint density at radius 3 is 2.78 bits per heavy atom. The molecule has 1 rings (SSSR count). The van der Waals surface area contributed by atoms with Crippen molar-refractivity contribution in [3.63, 3.8) is 0 Å². The van der Waals surface area contributed by atoms with E-state index >= 15 is 0 Å². The molecule has 2 N–H and O–H groups in total. The second kappa shape index (κ2) is 7.56. The van der Waals surface area contributed by atoms with Crippen molar-refractivity contribution in [2.75, 3.05) is 32.7 Å². The van der Waals surface area contributed by atoms with Gasteiger partial charge >= 0.3 is 0 Å². The lowest BCUT2D eigenvalue weighted by atomic mass is 10.2. The van der Waals surface area contributed by atoms with E-state index in [0.29, 0.717) is 11.9 Å². The second-order valence-electron chi connectivity index (χ2n) is 4.47. The highest BCUT2D eigenvalue weighted by Crippen LogP contribution is 2.30. The Hall–Kier alpha value is -0.850. The van der Waals surface area contributed by atoms with Crippen molar-refractivity contribution in [2.45, 2.75) is 32.4 Å². The van der Waals surface area contributed by atoms with E-state index in [2.05, 4.69) is 17.2 Å². The molecule has 0 saturated heterocycles. The Morgan fingerprint density at radius 1 is 1.50 bits per heavy atom. The first kappa shape index (κ1) is 15.2. The van der Waals surface area contributed by atoms with Gasteiger partial charge in [0.15, 0.2) is 5.13 Å². The molecule has 1 heterocycles. The van der Waals surface area contributed by atoms with Gasteiger partial charge in [0.05, 0.1) is 12.0 Å². The van der Waals surface area contributed by atoms with Crippen LogP contribution in [0.15, 0.2) is 0 Å². The SMILES string of the molecule is COc1nc(N(C)C)sc1CNC(C)CCCO. The molecule has 6 heteroatoms. The number of nitrogens with zero attached hydrogens (tertiary/aromatic N) is 2. The summed E-state index contributed by atoms with van der Waals surface area (Å²) >= 11 is 1.64. The van der Waals surface area contributed by atoms with Gasteiger partial charge in [-0.05, 0) is 19.8 Å². The molecule has 0 amide bonds. The number of rotatable bonds is 8. The average Bonchev–Trinajstić information content (AvgIpc) is 2.77. The van der Waals surface area contributed by atoms with Crippen LogP contribution in [-0.2, 0) is 6.54 Å². The van der Waals surface area contributed by atoms with E-state index in [4.69, 9.17) is 9.84 Å². The van der Waals surface area contributed by atoms with Crippen LogP contribution < -0.4 is 15.0 Å². The molecule has 104 valence electrons. The number of aliphatic hydroxyl groups excluding tert-OH is 1. The minimum absolute atomic E-state index is 0.251. The minimum atomic E-state index is 0.251. The van der Waals surface area contributed by atoms with Gasteiger partial charge in [0, 0.05) is 33.3 Å². The average molecular weight is 273 g/mol. The van der Waals surface area contributed by atoms with Gasteiger partial charge in [-0.1, -0.05) is 11.3 Å². The molecular weight excluding hydrogens is 250 g/mol. The standard InChI is InChI=1S/C12H23N3O2S/c1-9(6-5-7-16)13-8-10-11(17-4)14-12(18-10)15(2)3/h9,13,16H,5-8H2,1-4H3. The zero-order valence-corrected chi connectivity index (χ0v) is 12.4. The molecule has 0 aliphatic heterocycles. The third-order valence-electron chi connectivity index (χ3n) is 2.63. The van der Waals surface area contributed by atoms with Crippen LogP contribution in [0.2, 0.25) is 0 Å². The van der Waals surface area contributed by atoms with Crippen LogP contribution in [0.1, 0.15) is 24.6 Å². The molecule has 1 atom stereocenters. The van der Waals surface area contributed by atoms with E-state index in [1.54, 1.807) is 18.4 Å². The minimum Gasteiger partial charge on any atom is -0.480 e. The number of hydrogen-bond donors (Lipinski definition) is 2. The van der Waals surface area contributed by atoms with Crippen molar-refractivity contribution < 1.29 is 9.84 Å². The Bertz CT molecular complexity index is 355. The number of anilines is 1. The quantitative estimate of drug-likeness (QED) is 0.751. The van der Waals surface area contributed by atoms with Crippen molar-refractivity contribution in [1.29, 1.82) is 0 Å². The molecule has 0 fully saturated rings. The molecule has 0 bridgehead atoms. The highest BCUT2D eigenvalue weighted by molar-refractivity contribution is 7.15. The Labute approximate surface area is 113 Å². The third kappa shape index (κ3) is 4.44. The van der Waals surface area contributed by atoms with E-state index in [9.17, 15) is 0 Å².